The zero-order valence-corrected chi connectivity index (χ0v) is 15.2. The molecule has 1 aliphatic heterocycles. The molecule has 1 aromatic heterocycles. The van der Waals surface area contributed by atoms with Crippen LogP contribution in [0.3, 0.4) is 0 Å². The number of phenolic OH excluding ortho intramolecular Hbond substituents is 1. The fraction of sp³-hybridized carbons (Fsp3) is 0.0952. The Labute approximate surface area is 164 Å². The smallest absolute Gasteiger partial charge is 0.301 e. The average Bonchev–Trinajstić information content (AvgIpc) is 3.23. The number of aromatic hydroxyl groups is 1. The number of ketones is 1. The molecule has 4 rings (SSSR count). The first kappa shape index (κ1) is 18.4. The standard InChI is InChI=1S/C21H15FN2O5/c1-11-9-16(23-29-11)24-18(13-3-2-4-15(25)10-13)17(20(27)21(24)28)19(26)12-5-7-14(22)8-6-12/h2-10,18,25-26H,1H3/b19-17+/t18-/m1/s1. The van der Waals surface area contributed by atoms with Crippen molar-refractivity contribution in [3.05, 3.63) is 82.9 Å². The number of aliphatic hydroxyl groups is 1. The van der Waals surface area contributed by atoms with Crippen molar-refractivity contribution in [1.29, 1.82) is 0 Å². The number of aryl methyl sites for hydroxylation is 1. The number of phenols is 1. The monoisotopic (exact) mass is 394 g/mol. The number of Topliss-reactive ketones (excluding diaryl/α,β-unsaturated/α-hetero) is 1. The maximum atomic E-state index is 13.3. The fourth-order valence-corrected chi connectivity index (χ4v) is 3.31. The molecular formula is C21H15FN2O5. The molecule has 0 radical (unpaired) electrons. The van der Waals surface area contributed by atoms with E-state index in [9.17, 15) is 24.2 Å². The van der Waals surface area contributed by atoms with Crippen molar-refractivity contribution >= 4 is 23.3 Å². The third-order valence-electron chi connectivity index (χ3n) is 4.61. The minimum Gasteiger partial charge on any atom is -0.508 e. The van der Waals surface area contributed by atoms with Crippen molar-refractivity contribution in [3.8, 4) is 5.75 Å². The molecule has 1 atom stereocenters. The van der Waals surface area contributed by atoms with Crippen molar-refractivity contribution in [2.75, 3.05) is 4.90 Å². The van der Waals surface area contributed by atoms with Crippen molar-refractivity contribution in [1.82, 2.24) is 5.16 Å². The largest absolute Gasteiger partial charge is 0.508 e. The first-order valence-corrected chi connectivity index (χ1v) is 8.66. The second-order valence-corrected chi connectivity index (χ2v) is 6.57. The number of halogens is 1. The first-order valence-electron chi connectivity index (χ1n) is 8.66. The Bertz CT molecular complexity index is 1150. The van der Waals surface area contributed by atoms with Crippen LogP contribution in [0.25, 0.3) is 5.76 Å². The Morgan fingerprint density at radius 1 is 1.14 bits per heavy atom. The average molecular weight is 394 g/mol. The van der Waals surface area contributed by atoms with Gasteiger partial charge in [0.1, 0.15) is 23.1 Å². The fourth-order valence-electron chi connectivity index (χ4n) is 3.31. The number of carbonyl (C=O) groups is 2. The molecule has 0 saturated carbocycles. The summed E-state index contributed by atoms with van der Waals surface area (Å²) in [5.41, 5.74) is 0.354. The van der Waals surface area contributed by atoms with Gasteiger partial charge in [0.25, 0.3) is 5.78 Å². The van der Waals surface area contributed by atoms with Crippen molar-refractivity contribution in [2.24, 2.45) is 0 Å². The predicted octanol–water partition coefficient (Wildman–Crippen LogP) is 3.45. The molecular weight excluding hydrogens is 379 g/mol. The van der Waals surface area contributed by atoms with Gasteiger partial charge in [-0.15, -0.1) is 0 Å². The summed E-state index contributed by atoms with van der Waals surface area (Å²) in [6.45, 7) is 1.63. The minimum absolute atomic E-state index is 0.0776. The number of benzene rings is 2. The maximum Gasteiger partial charge on any atom is 0.301 e. The molecule has 2 N–H and O–H groups in total. The Morgan fingerprint density at radius 2 is 1.86 bits per heavy atom. The lowest BCUT2D eigenvalue weighted by Gasteiger charge is -2.22. The number of rotatable bonds is 3. The Balaban J connectivity index is 1.95. The van der Waals surface area contributed by atoms with Crippen LogP contribution in [-0.2, 0) is 9.59 Å². The van der Waals surface area contributed by atoms with E-state index in [0.717, 1.165) is 17.0 Å². The molecule has 1 aliphatic rings. The molecule has 0 spiro atoms. The Hall–Kier alpha value is -3.94. The second kappa shape index (κ2) is 6.90. The molecule has 29 heavy (non-hydrogen) atoms. The van der Waals surface area contributed by atoms with Gasteiger partial charge in [-0.2, -0.15) is 0 Å². The molecule has 1 saturated heterocycles. The van der Waals surface area contributed by atoms with Crippen LogP contribution in [0, 0.1) is 12.7 Å². The molecule has 0 unspecified atom stereocenters. The highest BCUT2D eigenvalue weighted by atomic mass is 19.1. The van der Waals surface area contributed by atoms with Crippen molar-refractivity contribution in [2.45, 2.75) is 13.0 Å². The lowest BCUT2D eigenvalue weighted by molar-refractivity contribution is -0.132. The van der Waals surface area contributed by atoms with E-state index in [-0.39, 0.29) is 22.7 Å². The van der Waals surface area contributed by atoms with Crippen LogP contribution in [0.4, 0.5) is 10.2 Å². The minimum atomic E-state index is -1.06. The van der Waals surface area contributed by atoms with Gasteiger partial charge in [0.15, 0.2) is 5.82 Å². The third-order valence-corrected chi connectivity index (χ3v) is 4.61. The molecule has 2 heterocycles. The van der Waals surface area contributed by atoms with E-state index in [1.165, 1.54) is 30.3 Å². The summed E-state index contributed by atoms with van der Waals surface area (Å²) in [6, 6.07) is 11.3. The van der Waals surface area contributed by atoms with Crippen molar-refractivity contribution < 1.29 is 28.7 Å². The summed E-state index contributed by atoms with van der Waals surface area (Å²) in [6.07, 6.45) is 0. The van der Waals surface area contributed by atoms with Gasteiger partial charge in [-0.25, -0.2) is 4.39 Å². The highest BCUT2D eigenvalue weighted by Crippen LogP contribution is 2.42. The molecule has 8 heteroatoms. The van der Waals surface area contributed by atoms with E-state index in [1.54, 1.807) is 19.1 Å². The number of nitrogens with zero attached hydrogens (tertiary/aromatic N) is 2. The van der Waals surface area contributed by atoms with Gasteiger partial charge in [-0.1, -0.05) is 17.3 Å². The predicted molar refractivity (Wildman–Crippen MR) is 101 cm³/mol. The van der Waals surface area contributed by atoms with Crippen LogP contribution in [0.15, 0.2) is 64.7 Å². The quantitative estimate of drug-likeness (QED) is 0.401. The molecule has 0 bridgehead atoms. The van der Waals surface area contributed by atoms with E-state index < -0.39 is 29.3 Å². The van der Waals surface area contributed by atoms with E-state index in [2.05, 4.69) is 5.16 Å². The number of hydrogen-bond donors (Lipinski definition) is 2. The lowest BCUT2D eigenvalue weighted by atomic mass is 9.95. The van der Waals surface area contributed by atoms with Gasteiger partial charge >= 0.3 is 5.91 Å². The summed E-state index contributed by atoms with van der Waals surface area (Å²) in [7, 11) is 0. The van der Waals surface area contributed by atoms with Gasteiger partial charge in [0, 0.05) is 11.6 Å². The number of carbonyl (C=O) groups excluding carboxylic acids is 2. The summed E-state index contributed by atoms with van der Waals surface area (Å²) < 4.78 is 18.3. The van der Waals surface area contributed by atoms with Gasteiger partial charge in [-0.05, 0) is 48.9 Å². The van der Waals surface area contributed by atoms with E-state index in [4.69, 9.17) is 4.52 Å². The Kier molecular flexibility index (Phi) is 4.38. The van der Waals surface area contributed by atoms with Gasteiger partial charge < -0.3 is 14.7 Å². The first-order chi connectivity index (χ1) is 13.9. The molecule has 7 nitrogen and oxygen atoms in total. The maximum absolute atomic E-state index is 13.3. The highest BCUT2D eigenvalue weighted by Gasteiger charge is 2.48. The molecule has 0 aliphatic carbocycles. The summed E-state index contributed by atoms with van der Waals surface area (Å²) in [5.74, 6) is -2.36. The zero-order chi connectivity index (χ0) is 20.7. The van der Waals surface area contributed by atoms with Crippen LogP contribution < -0.4 is 4.90 Å². The number of hydrogen-bond acceptors (Lipinski definition) is 6. The lowest BCUT2D eigenvalue weighted by Crippen LogP contribution is -2.29. The van der Waals surface area contributed by atoms with E-state index in [0.29, 0.717) is 11.3 Å². The normalized spacial score (nSPS) is 18.4. The third kappa shape index (κ3) is 3.14. The molecule has 3 aromatic rings. The van der Waals surface area contributed by atoms with Gasteiger partial charge in [0.05, 0.1) is 11.6 Å². The van der Waals surface area contributed by atoms with Crippen LogP contribution in [0.1, 0.15) is 22.9 Å². The Morgan fingerprint density at radius 3 is 2.48 bits per heavy atom. The zero-order valence-electron chi connectivity index (χ0n) is 15.2. The number of amides is 1. The summed E-state index contributed by atoms with van der Waals surface area (Å²) in [4.78, 5) is 26.8. The van der Waals surface area contributed by atoms with Crippen molar-refractivity contribution in [3.63, 3.8) is 0 Å². The highest BCUT2D eigenvalue weighted by molar-refractivity contribution is 6.51. The van der Waals surface area contributed by atoms with E-state index in [1.807, 2.05) is 0 Å². The summed E-state index contributed by atoms with van der Waals surface area (Å²) >= 11 is 0. The SMILES string of the molecule is Cc1cc(N2C(=O)C(=O)/C(=C(/O)c3ccc(F)cc3)[C@H]2c2cccc(O)c2)no1. The van der Waals surface area contributed by atoms with Crippen LogP contribution >= 0.6 is 0 Å². The number of anilines is 1. The molecule has 1 fully saturated rings. The number of aromatic nitrogens is 1. The van der Waals surface area contributed by atoms with Gasteiger partial charge in [0.2, 0.25) is 0 Å². The molecule has 146 valence electrons. The van der Waals surface area contributed by atoms with E-state index >= 15 is 0 Å². The number of aliphatic hydroxyl groups excluding tert-OH is 1. The summed E-state index contributed by atoms with van der Waals surface area (Å²) in [5, 5.41) is 24.5. The second-order valence-electron chi connectivity index (χ2n) is 6.57. The van der Waals surface area contributed by atoms with Crippen LogP contribution in [0.5, 0.6) is 5.75 Å². The topological polar surface area (TPSA) is 104 Å². The molecule has 1 amide bonds. The van der Waals surface area contributed by atoms with Crippen LogP contribution in [-0.4, -0.2) is 27.1 Å². The van der Waals surface area contributed by atoms with Crippen LogP contribution in [0.2, 0.25) is 0 Å². The van der Waals surface area contributed by atoms with Gasteiger partial charge in [-0.3, -0.25) is 14.5 Å². The molecule has 2 aromatic carbocycles.